The molecular formula is C21H20BrClN5O4+. The summed E-state index contributed by atoms with van der Waals surface area (Å²) in [5.41, 5.74) is 5.48. The lowest BCUT2D eigenvalue weighted by molar-refractivity contribution is -0.688. The molecule has 0 spiro atoms. The van der Waals surface area contributed by atoms with E-state index in [1.807, 2.05) is 36.7 Å². The smallest absolute Gasteiger partial charge is 0.271 e. The molecule has 0 aliphatic carbocycles. The van der Waals surface area contributed by atoms with Crippen LogP contribution in [0.25, 0.3) is 0 Å². The molecule has 1 aromatic heterocycles. The van der Waals surface area contributed by atoms with Crippen LogP contribution in [0.5, 0.6) is 0 Å². The van der Waals surface area contributed by atoms with Crippen molar-refractivity contribution in [3.05, 3.63) is 103 Å². The zero-order valence-corrected chi connectivity index (χ0v) is 19.7. The zero-order valence-electron chi connectivity index (χ0n) is 17.2. The highest BCUT2D eigenvalue weighted by Crippen LogP contribution is 2.29. The van der Waals surface area contributed by atoms with E-state index in [0.29, 0.717) is 17.3 Å². The van der Waals surface area contributed by atoms with Crippen molar-refractivity contribution < 1.29 is 14.4 Å². The van der Waals surface area contributed by atoms with Gasteiger partial charge in [-0.05, 0) is 31.2 Å². The van der Waals surface area contributed by atoms with Crippen LogP contribution >= 0.6 is 28.6 Å². The number of nitrogens with zero attached hydrogens (tertiary/aromatic N) is 4. The summed E-state index contributed by atoms with van der Waals surface area (Å²) in [6.07, 6.45) is 1.92. The molecule has 0 amide bonds. The number of aromatic nitrogens is 1. The molecule has 0 bridgehead atoms. The van der Waals surface area contributed by atoms with Crippen molar-refractivity contribution >= 4 is 51.4 Å². The Morgan fingerprint density at radius 1 is 1.06 bits per heavy atom. The summed E-state index contributed by atoms with van der Waals surface area (Å²) in [5, 5.41) is 27.3. The second kappa shape index (κ2) is 10.8. The number of non-ortho nitro benzene ring substituents is 1. The number of hydrazone groups is 1. The van der Waals surface area contributed by atoms with Crippen LogP contribution in [0.4, 0.5) is 17.1 Å². The number of anilines is 1. The third-order valence-corrected chi connectivity index (χ3v) is 5.06. The Kier molecular flexibility index (Phi) is 8.39. The first-order chi connectivity index (χ1) is 14.8. The molecule has 0 aliphatic heterocycles. The van der Waals surface area contributed by atoms with Crippen molar-refractivity contribution in [3.63, 3.8) is 0 Å². The van der Waals surface area contributed by atoms with Crippen molar-refractivity contribution in [2.75, 3.05) is 5.43 Å². The Labute approximate surface area is 199 Å². The molecule has 3 aromatic rings. The van der Waals surface area contributed by atoms with Gasteiger partial charge in [0.1, 0.15) is 11.4 Å². The Hall–Kier alpha value is -3.37. The van der Waals surface area contributed by atoms with E-state index in [2.05, 4.69) is 10.5 Å². The monoisotopic (exact) mass is 520 g/mol. The number of rotatable bonds is 7. The SMILES string of the molecule is Br.Cc1ccc[n+](C/C(=N/Nc2ccc([N+](=O)[O-])cc2[N+](=O)[O-])c2ccc(Cl)cc2)c1C. The van der Waals surface area contributed by atoms with Crippen LogP contribution < -0.4 is 9.99 Å². The van der Waals surface area contributed by atoms with Crippen LogP contribution in [0.2, 0.25) is 5.02 Å². The third kappa shape index (κ3) is 5.86. The minimum absolute atomic E-state index is 0. The van der Waals surface area contributed by atoms with Crippen LogP contribution in [-0.4, -0.2) is 15.6 Å². The fourth-order valence-corrected chi connectivity index (χ4v) is 3.05. The lowest BCUT2D eigenvalue weighted by Crippen LogP contribution is -2.41. The molecule has 9 nitrogen and oxygen atoms in total. The molecule has 1 heterocycles. The Bertz CT molecular complexity index is 1190. The van der Waals surface area contributed by atoms with E-state index >= 15 is 0 Å². The maximum Gasteiger partial charge on any atom is 0.301 e. The van der Waals surface area contributed by atoms with E-state index in [0.717, 1.165) is 22.9 Å². The van der Waals surface area contributed by atoms with Gasteiger partial charge in [0.05, 0.1) is 15.9 Å². The lowest BCUT2D eigenvalue weighted by Gasteiger charge is -2.08. The lowest BCUT2D eigenvalue weighted by atomic mass is 10.1. The number of pyridine rings is 1. The van der Waals surface area contributed by atoms with Gasteiger partial charge in [0.2, 0.25) is 0 Å². The molecule has 3 rings (SSSR count). The standard InChI is InChI=1S/C21H19ClN5O4.BrH/c1-14-4-3-11-25(15(14)2)13-20(16-5-7-17(22)8-6-16)24-23-19-10-9-18(26(28)29)12-21(19)27(30)31;/h3-12,23H,13H2,1-2H3;1H/q+1;/b24-20-;. The van der Waals surface area contributed by atoms with Crippen LogP contribution in [0, 0.1) is 34.1 Å². The van der Waals surface area contributed by atoms with Gasteiger partial charge < -0.3 is 0 Å². The Balaban J connectivity index is 0.00000363. The second-order valence-electron chi connectivity index (χ2n) is 6.80. The fourth-order valence-electron chi connectivity index (χ4n) is 2.92. The maximum atomic E-state index is 11.4. The normalized spacial score (nSPS) is 10.9. The molecule has 11 heteroatoms. The Morgan fingerprint density at radius 2 is 1.75 bits per heavy atom. The number of nitro benzene ring substituents is 2. The predicted octanol–water partition coefficient (Wildman–Crippen LogP) is 5.16. The van der Waals surface area contributed by atoms with Gasteiger partial charge in [-0.3, -0.25) is 25.7 Å². The quantitative estimate of drug-likeness (QED) is 0.200. The molecular weight excluding hydrogens is 502 g/mol. The van der Waals surface area contributed by atoms with Crippen LogP contribution in [0.15, 0.2) is 65.9 Å². The van der Waals surface area contributed by atoms with Gasteiger partial charge >= 0.3 is 5.69 Å². The molecule has 166 valence electrons. The molecule has 0 saturated heterocycles. The summed E-state index contributed by atoms with van der Waals surface area (Å²) >= 11 is 6.00. The largest absolute Gasteiger partial charge is 0.301 e. The average Bonchev–Trinajstić information content (AvgIpc) is 2.74. The highest BCUT2D eigenvalue weighted by atomic mass is 79.9. The van der Waals surface area contributed by atoms with Crippen molar-refractivity contribution in [2.24, 2.45) is 5.10 Å². The summed E-state index contributed by atoms with van der Waals surface area (Å²) in [7, 11) is 0. The summed E-state index contributed by atoms with van der Waals surface area (Å²) < 4.78 is 2.01. The van der Waals surface area contributed by atoms with Crippen molar-refractivity contribution in [1.29, 1.82) is 0 Å². The van der Waals surface area contributed by atoms with Crippen molar-refractivity contribution in [3.8, 4) is 0 Å². The minimum atomic E-state index is -0.688. The number of halogens is 2. The molecule has 0 aliphatic rings. The average molecular weight is 522 g/mol. The highest BCUT2D eigenvalue weighted by Gasteiger charge is 2.20. The number of nitro groups is 2. The first-order valence-corrected chi connectivity index (χ1v) is 9.61. The maximum absolute atomic E-state index is 11.4. The molecule has 32 heavy (non-hydrogen) atoms. The topological polar surface area (TPSA) is 115 Å². The Morgan fingerprint density at radius 3 is 2.38 bits per heavy atom. The molecule has 1 N–H and O–H groups in total. The van der Waals surface area contributed by atoms with E-state index < -0.39 is 15.5 Å². The molecule has 2 aromatic carbocycles. The third-order valence-electron chi connectivity index (χ3n) is 4.81. The van der Waals surface area contributed by atoms with Gasteiger partial charge in [-0.15, -0.1) is 17.0 Å². The number of nitrogens with one attached hydrogen (secondary N) is 1. The van der Waals surface area contributed by atoms with Crippen molar-refractivity contribution in [1.82, 2.24) is 0 Å². The van der Waals surface area contributed by atoms with Gasteiger partial charge in [-0.1, -0.05) is 23.7 Å². The summed E-state index contributed by atoms with van der Waals surface area (Å²) in [4.78, 5) is 21.0. The zero-order chi connectivity index (χ0) is 22.5. The molecule has 0 saturated carbocycles. The van der Waals surface area contributed by atoms with E-state index in [1.165, 1.54) is 12.1 Å². The van der Waals surface area contributed by atoms with E-state index in [-0.39, 0.29) is 28.4 Å². The van der Waals surface area contributed by atoms with Crippen LogP contribution in [-0.2, 0) is 6.54 Å². The van der Waals surface area contributed by atoms with E-state index in [4.69, 9.17) is 11.6 Å². The second-order valence-corrected chi connectivity index (χ2v) is 7.23. The predicted molar refractivity (Wildman–Crippen MR) is 128 cm³/mol. The number of hydrogen-bond acceptors (Lipinski definition) is 6. The number of aryl methyl sites for hydroxylation is 1. The van der Waals surface area contributed by atoms with Crippen LogP contribution in [0.1, 0.15) is 16.8 Å². The first kappa shape index (κ1) is 24.9. The van der Waals surface area contributed by atoms with Gasteiger partial charge in [0.15, 0.2) is 18.4 Å². The van der Waals surface area contributed by atoms with Gasteiger partial charge in [-0.25, -0.2) is 0 Å². The van der Waals surface area contributed by atoms with Gasteiger partial charge in [-0.2, -0.15) is 9.67 Å². The summed E-state index contributed by atoms with van der Waals surface area (Å²) in [5.74, 6) is 0. The van der Waals surface area contributed by atoms with E-state index in [9.17, 15) is 20.2 Å². The number of hydrogen-bond donors (Lipinski definition) is 1. The minimum Gasteiger partial charge on any atom is -0.271 e. The number of benzene rings is 2. The summed E-state index contributed by atoms with van der Waals surface area (Å²) in [6.45, 7) is 4.38. The molecule has 0 fully saturated rings. The van der Waals surface area contributed by atoms with Crippen LogP contribution in [0.3, 0.4) is 0 Å². The molecule has 0 atom stereocenters. The molecule has 0 unspecified atom stereocenters. The fraction of sp³-hybridized carbons (Fsp3) is 0.143. The van der Waals surface area contributed by atoms with Crippen molar-refractivity contribution in [2.45, 2.75) is 20.4 Å². The summed E-state index contributed by atoms with van der Waals surface area (Å²) in [6, 6.07) is 14.4. The van der Waals surface area contributed by atoms with E-state index in [1.54, 1.807) is 24.3 Å². The first-order valence-electron chi connectivity index (χ1n) is 9.23. The van der Waals surface area contributed by atoms with Gasteiger partial charge in [0, 0.05) is 35.2 Å². The van der Waals surface area contributed by atoms with Gasteiger partial charge in [0.25, 0.3) is 5.69 Å². The highest BCUT2D eigenvalue weighted by molar-refractivity contribution is 8.93. The molecule has 0 radical (unpaired) electrons.